The predicted octanol–water partition coefficient (Wildman–Crippen LogP) is 3.34. The summed E-state index contributed by atoms with van der Waals surface area (Å²) in [5.74, 6) is 0.770. The molecule has 7 nitrogen and oxygen atoms in total. The second-order valence-electron chi connectivity index (χ2n) is 6.53. The zero-order chi connectivity index (χ0) is 17.9. The number of carbonyl (C=O) groups excluding carboxylic acids is 1. The highest BCUT2D eigenvalue weighted by Gasteiger charge is 2.28. The molecule has 1 heterocycles. The van der Waals surface area contributed by atoms with Crippen molar-refractivity contribution in [3.8, 4) is 11.4 Å². The van der Waals surface area contributed by atoms with Crippen LogP contribution in [-0.4, -0.2) is 38.2 Å². The lowest BCUT2D eigenvalue weighted by Crippen LogP contribution is -2.30. The SMILES string of the molecule is CN(Cc1ccccc1)C(=O)Nc1ccc(-c2nnnn2C2CC2)cc1. The summed E-state index contributed by atoms with van der Waals surface area (Å²) in [5.41, 5.74) is 2.77. The van der Waals surface area contributed by atoms with Gasteiger partial charge in [0, 0.05) is 24.8 Å². The average Bonchev–Trinajstić information content (AvgIpc) is 3.40. The van der Waals surface area contributed by atoms with E-state index >= 15 is 0 Å². The van der Waals surface area contributed by atoms with E-state index in [1.807, 2.05) is 59.3 Å². The van der Waals surface area contributed by atoms with Gasteiger partial charge in [-0.25, -0.2) is 9.48 Å². The summed E-state index contributed by atoms with van der Waals surface area (Å²) < 4.78 is 1.88. The Morgan fingerprint density at radius 2 is 1.88 bits per heavy atom. The van der Waals surface area contributed by atoms with Gasteiger partial charge in [-0.1, -0.05) is 30.3 Å². The van der Waals surface area contributed by atoms with Gasteiger partial charge in [-0.15, -0.1) is 5.10 Å². The smallest absolute Gasteiger partial charge is 0.321 e. The van der Waals surface area contributed by atoms with E-state index in [4.69, 9.17) is 0 Å². The molecule has 0 radical (unpaired) electrons. The zero-order valence-corrected chi connectivity index (χ0v) is 14.5. The molecule has 0 spiro atoms. The second kappa shape index (κ2) is 6.95. The molecule has 26 heavy (non-hydrogen) atoms. The number of amides is 2. The van der Waals surface area contributed by atoms with Crippen LogP contribution in [-0.2, 0) is 6.54 Å². The van der Waals surface area contributed by atoms with E-state index in [1.54, 1.807) is 11.9 Å². The number of benzene rings is 2. The molecule has 1 fully saturated rings. The molecule has 2 amide bonds. The number of nitrogens with one attached hydrogen (secondary N) is 1. The number of hydrogen-bond donors (Lipinski definition) is 1. The standard InChI is InChI=1S/C19H20N6O/c1-24(13-14-5-3-2-4-6-14)19(26)20-16-9-7-15(8-10-16)18-21-22-23-25(18)17-11-12-17/h2-10,17H,11-13H2,1H3,(H,20,26). The Morgan fingerprint density at radius 3 is 2.58 bits per heavy atom. The molecular formula is C19H20N6O. The van der Waals surface area contributed by atoms with Crippen molar-refractivity contribution in [2.45, 2.75) is 25.4 Å². The molecule has 132 valence electrons. The van der Waals surface area contributed by atoms with Gasteiger partial charge in [0.2, 0.25) is 0 Å². The summed E-state index contributed by atoms with van der Waals surface area (Å²) in [6, 6.07) is 17.8. The van der Waals surface area contributed by atoms with Gasteiger partial charge < -0.3 is 10.2 Å². The van der Waals surface area contributed by atoms with Crippen LogP contribution in [0.4, 0.5) is 10.5 Å². The molecule has 1 N–H and O–H groups in total. The molecule has 2 aromatic carbocycles. The van der Waals surface area contributed by atoms with E-state index in [0.29, 0.717) is 12.6 Å². The Kier molecular flexibility index (Phi) is 4.35. The van der Waals surface area contributed by atoms with Crippen LogP contribution in [0.25, 0.3) is 11.4 Å². The molecule has 1 aliphatic carbocycles. The van der Waals surface area contributed by atoms with Crippen molar-refractivity contribution < 1.29 is 4.79 Å². The highest BCUT2D eigenvalue weighted by molar-refractivity contribution is 5.89. The number of anilines is 1. The maximum Gasteiger partial charge on any atom is 0.321 e. The highest BCUT2D eigenvalue weighted by atomic mass is 16.2. The maximum absolute atomic E-state index is 12.4. The molecule has 4 rings (SSSR count). The minimum Gasteiger partial charge on any atom is -0.323 e. The first-order chi connectivity index (χ1) is 12.7. The van der Waals surface area contributed by atoms with E-state index in [9.17, 15) is 4.79 Å². The third-order valence-corrected chi connectivity index (χ3v) is 4.39. The summed E-state index contributed by atoms with van der Waals surface area (Å²) >= 11 is 0. The van der Waals surface area contributed by atoms with Gasteiger partial charge in [0.25, 0.3) is 0 Å². The fourth-order valence-corrected chi connectivity index (χ4v) is 2.80. The lowest BCUT2D eigenvalue weighted by molar-refractivity contribution is 0.220. The van der Waals surface area contributed by atoms with Crippen molar-refractivity contribution in [2.24, 2.45) is 0 Å². The molecular weight excluding hydrogens is 328 g/mol. The Hall–Kier alpha value is -3.22. The number of aromatic nitrogens is 4. The molecule has 0 unspecified atom stereocenters. The molecule has 0 bridgehead atoms. The number of tetrazole rings is 1. The number of rotatable bonds is 5. The third-order valence-electron chi connectivity index (χ3n) is 4.39. The van der Waals surface area contributed by atoms with Crippen LogP contribution in [0.1, 0.15) is 24.4 Å². The number of hydrogen-bond acceptors (Lipinski definition) is 4. The Labute approximate surface area is 151 Å². The van der Waals surface area contributed by atoms with Gasteiger partial charge >= 0.3 is 6.03 Å². The third kappa shape index (κ3) is 3.56. The first-order valence-electron chi connectivity index (χ1n) is 8.65. The topological polar surface area (TPSA) is 75.9 Å². The monoisotopic (exact) mass is 348 g/mol. The van der Waals surface area contributed by atoms with Crippen molar-refractivity contribution in [3.05, 3.63) is 60.2 Å². The van der Waals surface area contributed by atoms with Gasteiger partial charge in [0.1, 0.15) is 0 Å². The van der Waals surface area contributed by atoms with Crippen molar-refractivity contribution in [3.63, 3.8) is 0 Å². The lowest BCUT2D eigenvalue weighted by Gasteiger charge is -2.18. The minimum absolute atomic E-state index is 0.149. The van der Waals surface area contributed by atoms with E-state index in [-0.39, 0.29) is 6.03 Å². The fraction of sp³-hybridized carbons (Fsp3) is 0.263. The van der Waals surface area contributed by atoms with Crippen LogP contribution in [0.2, 0.25) is 0 Å². The quantitative estimate of drug-likeness (QED) is 0.767. The van der Waals surface area contributed by atoms with Crippen LogP contribution >= 0.6 is 0 Å². The first-order valence-corrected chi connectivity index (χ1v) is 8.65. The fourth-order valence-electron chi connectivity index (χ4n) is 2.80. The first kappa shape index (κ1) is 16.3. The van der Waals surface area contributed by atoms with Crippen molar-refractivity contribution >= 4 is 11.7 Å². The Bertz CT molecular complexity index is 886. The normalized spacial score (nSPS) is 13.4. The number of urea groups is 1. The molecule has 3 aromatic rings. The maximum atomic E-state index is 12.4. The van der Waals surface area contributed by atoms with Gasteiger partial charge in [0.05, 0.1) is 6.04 Å². The van der Waals surface area contributed by atoms with Gasteiger partial charge in [-0.2, -0.15) is 0 Å². The van der Waals surface area contributed by atoms with E-state index in [0.717, 1.165) is 35.5 Å². The average molecular weight is 348 g/mol. The van der Waals surface area contributed by atoms with Gasteiger partial charge in [0.15, 0.2) is 5.82 Å². The molecule has 0 saturated heterocycles. The molecule has 7 heteroatoms. The van der Waals surface area contributed by atoms with Crippen molar-refractivity contribution in [1.82, 2.24) is 25.1 Å². The summed E-state index contributed by atoms with van der Waals surface area (Å²) in [7, 11) is 1.78. The van der Waals surface area contributed by atoms with Gasteiger partial charge in [-0.05, 0) is 53.1 Å². The van der Waals surface area contributed by atoms with Crippen LogP contribution in [0.3, 0.4) is 0 Å². The van der Waals surface area contributed by atoms with Crippen LogP contribution in [0.15, 0.2) is 54.6 Å². The molecule has 1 aliphatic rings. The molecule has 1 saturated carbocycles. The summed E-state index contributed by atoms with van der Waals surface area (Å²) in [4.78, 5) is 14.0. The van der Waals surface area contributed by atoms with Gasteiger partial charge in [-0.3, -0.25) is 0 Å². The van der Waals surface area contributed by atoms with Crippen LogP contribution in [0, 0.1) is 0 Å². The Morgan fingerprint density at radius 1 is 1.15 bits per heavy atom. The summed E-state index contributed by atoms with van der Waals surface area (Å²) in [6.07, 6.45) is 2.25. The molecule has 0 atom stereocenters. The largest absolute Gasteiger partial charge is 0.323 e. The Balaban J connectivity index is 1.40. The number of nitrogens with zero attached hydrogens (tertiary/aromatic N) is 5. The van der Waals surface area contributed by atoms with E-state index in [2.05, 4.69) is 20.8 Å². The lowest BCUT2D eigenvalue weighted by atomic mass is 10.2. The predicted molar refractivity (Wildman–Crippen MR) is 98.5 cm³/mol. The molecule has 1 aromatic heterocycles. The van der Waals surface area contributed by atoms with Crippen molar-refractivity contribution in [2.75, 3.05) is 12.4 Å². The molecule has 0 aliphatic heterocycles. The zero-order valence-electron chi connectivity index (χ0n) is 14.5. The summed E-state index contributed by atoms with van der Waals surface area (Å²) in [6.45, 7) is 0.556. The number of carbonyl (C=O) groups is 1. The van der Waals surface area contributed by atoms with Crippen molar-refractivity contribution in [1.29, 1.82) is 0 Å². The summed E-state index contributed by atoms with van der Waals surface area (Å²) in [5, 5.41) is 14.9. The second-order valence-corrected chi connectivity index (χ2v) is 6.53. The highest BCUT2D eigenvalue weighted by Crippen LogP contribution is 2.36. The van der Waals surface area contributed by atoms with E-state index in [1.165, 1.54) is 0 Å². The minimum atomic E-state index is -0.149. The van der Waals surface area contributed by atoms with Crippen LogP contribution < -0.4 is 5.32 Å². The van der Waals surface area contributed by atoms with E-state index < -0.39 is 0 Å². The van der Waals surface area contributed by atoms with Crippen LogP contribution in [0.5, 0.6) is 0 Å².